The molecule has 126 valence electrons. The van der Waals surface area contributed by atoms with Crippen molar-refractivity contribution in [3.63, 3.8) is 0 Å². The van der Waals surface area contributed by atoms with Crippen LogP contribution in [-0.2, 0) is 4.79 Å². The molecule has 0 aliphatic heterocycles. The highest BCUT2D eigenvalue weighted by Crippen LogP contribution is 2.40. The molecule has 1 heterocycles. The second-order valence-electron chi connectivity index (χ2n) is 6.44. The molecule has 1 aromatic carbocycles. The van der Waals surface area contributed by atoms with Crippen molar-refractivity contribution in [1.82, 2.24) is 10.3 Å². The monoisotopic (exact) mass is 330 g/mol. The number of aromatic nitrogens is 1. The summed E-state index contributed by atoms with van der Waals surface area (Å²) in [6.45, 7) is 2.01. The van der Waals surface area contributed by atoms with E-state index in [4.69, 9.17) is 5.11 Å². The van der Waals surface area contributed by atoms with Gasteiger partial charge >= 0.3 is 5.97 Å². The molecule has 6 heteroatoms. The molecule has 0 radical (unpaired) electrons. The van der Waals surface area contributed by atoms with Gasteiger partial charge in [-0.3, -0.25) is 14.6 Å². The SMILES string of the molecule is CC(CNC(=O)c1cc(C2CC2)nc2ccc(F)cc12)CC(=O)O. The number of halogens is 1. The van der Waals surface area contributed by atoms with Gasteiger partial charge in [-0.1, -0.05) is 6.92 Å². The molecule has 24 heavy (non-hydrogen) atoms. The van der Waals surface area contributed by atoms with Gasteiger partial charge in [-0.25, -0.2) is 4.39 Å². The van der Waals surface area contributed by atoms with Crippen LogP contribution in [-0.4, -0.2) is 28.5 Å². The summed E-state index contributed by atoms with van der Waals surface area (Å²) < 4.78 is 13.6. The van der Waals surface area contributed by atoms with E-state index in [-0.39, 0.29) is 24.8 Å². The topological polar surface area (TPSA) is 79.3 Å². The lowest BCUT2D eigenvalue weighted by Crippen LogP contribution is -2.29. The molecule has 0 bridgehead atoms. The van der Waals surface area contributed by atoms with Gasteiger partial charge in [-0.15, -0.1) is 0 Å². The summed E-state index contributed by atoms with van der Waals surface area (Å²) in [4.78, 5) is 27.8. The van der Waals surface area contributed by atoms with E-state index in [1.54, 1.807) is 19.1 Å². The first kappa shape index (κ1) is 16.4. The van der Waals surface area contributed by atoms with Crippen LogP contribution in [0.25, 0.3) is 10.9 Å². The van der Waals surface area contributed by atoms with E-state index in [1.165, 1.54) is 12.1 Å². The Hall–Kier alpha value is -2.50. The maximum Gasteiger partial charge on any atom is 0.303 e. The number of aliphatic carboxylic acids is 1. The van der Waals surface area contributed by atoms with Crippen molar-refractivity contribution < 1.29 is 19.1 Å². The lowest BCUT2D eigenvalue weighted by molar-refractivity contribution is -0.137. The van der Waals surface area contributed by atoms with E-state index in [1.807, 2.05) is 0 Å². The van der Waals surface area contributed by atoms with Gasteiger partial charge < -0.3 is 10.4 Å². The van der Waals surface area contributed by atoms with Crippen LogP contribution in [0, 0.1) is 11.7 Å². The third kappa shape index (κ3) is 3.69. The standard InChI is InChI=1S/C18H19FN2O3/c1-10(6-17(22)23)9-20-18(24)14-8-16(11-2-3-11)21-15-5-4-12(19)7-13(14)15/h4-5,7-8,10-11H,2-3,6,9H2,1H3,(H,20,24)(H,22,23). The van der Waals surface area contributed by atoms with Crippen molar-refractivity contribution in [3.8, 4) is 0 Å². The average Bonchev–Trinajstić information content (AvgIpc) is 3.35. The number of benzene rings is 1. The van der Waals surface area contributed by atoms with Crippen molar-refractivity contribution in [3.05, 3.63) is 41.3 Å². The third-order valence-electron chi connectivity index (χ3n) is 4.16. The number of pyridine rings is 1. The number of carbonyl (C=O) groups excluding carboxylic acids is 1. The maximum atomic E-state index is 13.6. The van der Waals surface area contributed by atoms with Crippen molar-refractivity contribution in [2.75, 3.05) is 6.54 Å². The first-order valence-corrected chi connectivity index (χ1v) is 8.04. The minimum Gasteiger partial charge on any atom is -0.481 e. The van der Waals surface area contributed by atoms with E-state index in [9.17, 15) is 14.0 Å². The van der Waals surface area contributed by atoms with Crippen molar-refractivity contribution in [1.29, 1.82) is 0 Å². The lowest BCUT2D eigenvalue weighted by atomic mass is 10.0. The normalized spacial score (nSPS) is 15.2. The Morgan fingerprint density at radius 1 is 1.38 bits per heavy atom. The lowest BCUT2D eigenvalue weighted by Gasteiger charge is -2.13. The smallest absolute Gasteiger partial charge is 0.303 e. The Balaban J connectivity index is 1.87. The molecule has 1 amide bonds. The second-order valence-corrected chi connectivity index (χ2v) is 6.44. The Bertz CT molecular complexity index is 802. The van der Waals surface area contributed by atoms with Gasteiger partial charge in [0.1, 0.15) is 5.82 Å². The fourth-order valence-corrected chi connectivity index (χ4v) is 2.73. The molecular weight excluding hydrogens is 311 g/mol. The number of hydrogen-bond donors (Lipinski definition) is 2. The quantitative estimate of drug-likeness (QED) is 0.853. The summed E-state index contributed by atoms with van der Waals surface area (Å²) in [5.41, 5.74) is 1.85. The van der Waals surface area contributed by atoms with Crippen LogP contribution in [0.4, 0.5) is 4.39 Å². The largest absolute Gasteiger partial charge is 0.481 e. The highest BCUT2D eigenvalue weighted by atomic mass is 19.1. The number of rotatable bonds is 6. The maximum absolute atomic E-state index is 13.6. The fraction of sp³-hybridized carbons (Fsp3) is 0.389. The van der Waals surface area contributed by atoms with Crippen molar-refractivity contribution in [2.45, 2.75) is 32.1 Å². The van der Waals surface area contributed by atoms with Crippen LogP contribution in [0.1, 0.15) is 48.2 Å². The first-order chi connectivity index (χ1) is 11.4. The van der Waals surface area contributed by atoms with Gasteiger partial charge in [0.05, 0.1) is 11.1 Å². The molecule has 1 unspecified atom stereocenters. The van der Waals surface area contributed by atoms with E-state index in [0.717, 1.165) is 18.5 Å². The predicted molar refractivity (Wildman–Crippen MR) is 87.4 cm³/mol. The molecule has 2 N–H and O–H groups in total. The number of carboxylic acids is 1. The molecule has 2 aromatic rings. The van der Waals surface area contributed by atoms with E-state index in [0.29, 0.717) is 22.4 Å². The van der Waals surface area contributed by atoms with Crippen LogP contribution in [0.15, 0.2) is 24.3 Å². The molecule has 1 aliphatic carbocycles. The predicted octanol–water partition coefficient (Wildman–Crippen LogP) is 3.09. The molecular formula is C18H19FN2O3. The number of fused-ring (bicyclic) bond motifs is 1. The van der Waals surface area contributed by atoms with Gasteiger partial charge in [0.15, 0.2) is 0 Å². The van der Waals surface area contributed by atoms with Crippen LogP contribution in [0.3, 0.4) is 0 Å². The van der Waals surface area contributed by atoms with Crippen molar-refractivity contribution in [2.24, 2.45) is 5.92 Å². The number of amides is 1. The number of nitrogens with one attached hydrogen (secondary N) is 1. The molecule has 0 spiro atoms. The minimum absolute atomic E-state index is 0.0146. The second kappa shape index (κ2) is 6.55. The Labute approximate surface area is 138 Å². The third-order valence-corrected chi connectivity index (χ3v) is 4.16. The average molecular weight is 330 g/mol. The summed E-state index contributed by atoms with van der Waals surface area (Å²) in [6.07, 6.45) is 2.09. The molecule has 0 saturated heterocycles. The van der Waals surface area contributed by atoms with Crippen LogP contribution in [0.5, 0.6) is 0 Å². The summed E-state index contributed by atoms with van der Waals surface area (Å²) in [6, 6.07) is 5.97. The molecule has 1 aliphatic rings. The Morgan fingerprint density at radius 2 is 2.12 bits per heavy atom. The van der Waals surface area contributed by atoms with E-state index < -0.39 is 11.8 Å². The zero-order valence-corrected chi connectivity index (χ0v) is 13.4. The summed E-state index contributed by atoms with van der Waals surface area (Å²) in [5.74, 6) is -1.45. The molecule has 1 atom stereocenters. The summed E-state index contributed by atoms with van der Waals surface area (Å²) >= 11 is 0. The van der Waals surface area contributed by atoms with Crippen LogP contribution < -0.4 is 5.32 Å². The van der Waals surface area contributed by atoms with E-state index in [2.05, 4.69) is 10.3 Å². The first-order valence-electron chi connectivity index (χ1n) is 8.04. The molecule has 5 nitrogen and oxygen atoms in total. The van der Waals surface area contributed by atoms with Gasteiger partial charge in [-0.2, -0.15) is 0 Å². The van der Waals surface area contributed by atoms with Crippen LogP contribution >= 0.6 is 0 Å². The van der Waals surface area contributed by atoms with Crippen molar-refractivity contribution >= 4 is 22.8 Å². The minimum atomic E-state index is -0.899. The molecule has 1 saturated carbocycles. The van der Waals surface area contributed by atoms with Crippen LogP contribution in [0.2, 0.25) is 0 Å². The fourth-order valence-electron chi connectivity index (χ4n) is 2.73. The zero-order chi connectivity index (χ0) is 17.3. The number of carbonyl (C=O) groups is 2. The summed E-state index contributed by atoms with van der Waals surface area (Å²) in [5, 5.41) is 12.0. The van der Waals surface area contributed by atoms with Gasteiger partial charge in [0.25, 0.3) is 5.91 Å². The van der Waals surface area contributed by atoms with Gasteiger partial charge in [0, 0.05) is 30.0 Å². The highest BCUT2D eigenvalue weighted by Gasteiger charge is 2.27. The van der Waals surface area contributed by atoms with E-state index >= 15 is 0 Å². The molecule has 3 rings (SSSR count). The molecule has 1 fully saturated rings. The highest BCUT2D eigenvalue weighted by molar-refractivity contribution is 6.06. The van der Waals surface area contributed by atoms with Gasteiger partial charge in [0.2, 0.25) is 0 Å². The number of nitrogens with zero attached hydrogens (tertiary/aromatic N) is 1. The Kier molecular flexibility index (Phi) is 4.46. The Morgan fingerprint density at radius 3 is 2.79 bits per heavy atom. The van der Waals surface area contributed by atoms with Gasteiger partial charge in [-0.05, 0) is 43.0 Å². The summed E-state index contributed by atoms with van der Waals surface area (Å²) in [7, 11) is 0. The number of hydrogen-bond acceptors (Lipinski definition) is 3. The zero-order valence-electron chi connectivity index (χ0n) is 13.4. The molecule has 1 aromatic heterocycles. The number of carboxylic acid groups (broad SMARTS) is 1.